The monoisotopic (exact) mass is 271 g/mol. The van der Waals surface area contributed by atoms with Crippen LogP contribution in [0, 0.1) is 18.3 Å². The normalized spacial score (nSPS) is 10.1. The summed E-state index contributed by atoms with van der Waals surface area (Å²) in [5.74, 6) is 1.44. The lowest BCUT2D eigenvalue weighted by Crippen LogP contribution is -2.14. The largest absolute Gasteiger partial charge is 0.492 e. The van der Waals surface area contributed by atoms with Gasteiger partial charge in [-0.15, -0.1) is 0 Å². The van der Waals surface area contributed by atoms with Crippen molar-refractivity contribution in [1.82, 2.24) is 9.78 Å². The van der Waals surface area contributed by atoms with E-state index in [4.69, 9.17) is 15.7 Å². The summed E-state index contributed by atoms with van der Waals surface area (Å²) in [5.41, 5.74) is 7.63. The molecular formula is C14H17N5O. The summed E-state index contributed by atoms with van der Waals surface area (Å²) in [6.45, 7) is 2.86. The fraction of sp³-hybridized carbons (Fsp3) is 0.286. The summed E-state index contributed by atoms with van der Waals surface area (Å²) in [6.07, 6.45) is 0. The van der Waals surface area contributed by atoms with Gasteiger partial charge >= 0.3 is 0 Å². The van der Waals surface area contributed by atoms with Crippen molar-refractivity contribution in [3.63, 3.8) is 0 Å². The van der Waals surface area contributed by atoms with Gasteiger partial charge in [0, 0.05) is 18.8 Å². The summed E-state index contributed by atoms with van der Waals surface area (Å²) in [7, 11) is 1.80. The lowest BCUT2D eigenvalue weighted by atomic mass is 10.2. The second-order valence-corrected chi connectivity index (χ2v) is 4.39. The van der Waals surface area contributed by atoms with Crippen molar-refractivity contribution in [3.05, 3.63) is 35.5 Å². The van der Waals surface area contributed by atoms with Crippen LogP contribution in [-0.2, 0) is 7.05 Å². The van der Waals surface area contributed by atoms with Gasteiger partial charge in [0.05, 0.1) is 12.2 Å². The van der Waals surface area contributed by atoms with Gasteiger partial charge in [0.15, 0.2) is 0 Å². The van der Waals surface area contributed by atoms with E-state index in [1.807, 2.05) is 25.1 Å². The Bertz CT molecular complexity index is 641. The Morgan fingerprint density at radius 2 is 2.30 bits per heavy atom. The highest BCUT2D eigenvalue weighted by atomic mass is 16.5. The highest BCUT2D eigenvalue weighted by Crippen LogP contribution is 2.17. The number of hydrogen-bond donors (Lipinski definition) is 2. The minimum atomic E-state index is 0.471. The predicted molar refractivity (Wildman–Crippen MR) is 77.5 cm³/mol. The smallest absolute Gasteiger partial charge is 0.142 e. The van der Waals surface area contributed by atoms with Crippen molar-refractivity contribution >= 4 is 11.5 Å². The van der Waals surface area contributed by atoms with Crippen LogP contribution in [-0.4, -0.2) is 22.9 Å². The lowest BCUT2D eigenvalue weighted by molar-refractivity contribution is 0.333. The molecule has 0 bridgehead atoms. The van der Waals surface area contributed by atoms with Gasteiger partial charge in [0.25, 0.3) is 0 Å². The number of aromatic nitrogens is 2. The molecule has 0 fully saturated rings. The Hall–Kier alpha value is -2.68. The summed E-state index contributed by atoms with van der Waals surface area (Å²) in [5, 5.41) is 16.5. The van der Waals surface area contributed by atoms with E-state index in [1.165, 1.54) is 0 Å². The number of hydrogen-bond acceptors (Lipinski definition) is 5. The molecule has 0 amide bonds. The molecule has 2 rings (SSSR count). The number of anilines is 2. The predicted octanol–water partition coefficient (Wildman–Crippen LogP) is 1.67. The number of nitrogens with two attached hydrogens (primary N) is 1. The molecule has 0 spiro atoms. The third-order valence-electron chi connectivity index (χ3n) is 2.86. The molecule has 1 heterocycles. The Labute approximate surface area is 117 Å². The van der Waals surface area contributed by atoms with Crippen LogP contribution in [0.3, 0.4) is 0 Å². The van der Waals surface area contributed by atoms with Crippen LogP contribution in [0.4, 0.5) is 11.5 Å². The molecule has 0 saturated heterocycles. The first kappa shape index (κ1) is 13.7. The fourth-order valence-electron chi connectivity index (χ4n) is 1.94. The van der Waals surface area contributed by atoms with Gasteiger partial charge < -0.3 is 15.8 Å². The molecule has 0 aliphatic carbocycles. The van der Waals surface area contributed by atoms with Gasteiger partial charge in [-0.3, -0.25) is 4.68 Å². The van der Waals surface area contributed by atoms with E-state index in [9.17, 15) is 0 Å². The summed E-state index contributed by atoms with van der Waals surface area (Å²) >= 11 is 0. The van der Waals surface area contributed by atoms with Crippen LogP contribution in [0.1, 0.15) is 11.3 Å². The summed E-state index contributed by atoms with van der Waals surface area (Å²) < 4.78 is 7.23. The average Bonchev–Trinajstić information content (AvgIpc) is 2.68. The van der Waals surface area contributed by atoms with Gasteiger partial charge in [-0.1, -0.05) is 6.07 Å². The highest BCUT2D eigenvalue weighted by molar-refractivity contribution is 5.54. The first-order chi connectivity index (χ1) is 9.61. The van der Waals surface area contributed by atoms with E-state index < -0.39 is 0 Å². The van der Waals surface area contributed by atoms with Crippen LogP contribution in [0.15, 0.2) is 24.3 Å². The molecule has 2 aromatic rings. The molecule has 6 heteroatoms. The van der Waals surface area contributed by atoms with Crippen molar-refractivity contribution < 1.29 is 4.74 Å². The van der Waals surface area contributed by atoms with Crippen molar-refractivity contribution in [1.29, 1.82) is 5.26 Å². The van der Waals surface area contributed by atoms with Gasteiger partial charge in [0.2, 0.25) is 0 Å². The Balaban J connectivity index is 1.89. The number of ether oxygens (including phenoxy) is 1. The SMILES string of the molecule is Cc1nn(C)c(NCCOc2cccc(N)c2)c1C#N. The summed E-state index contributed by atoms with van der Waals surface area (Å²) in [4.78, 5) is 0. The maximum absolute atomic E-state index is 9.09. The third-order valence-corrected chi connectivity index (χ3v) is 2.86. The molecule has 6 nitrogen and oxygen atoms in total. The Kier molecular flexibility index (Phi) is 4.11. The van der Waals surface area contributed by atoms with Crippen molar-refractivity contribution in [2.24, 2.45) is 7.05 Å². The van der Waals surface area contributed by atoms with Crippen molar-refractivity contribution in [3.8, 4) is 11.8 Å². The lowest BCUT2D eigenvalue weighted by Gasteiger charge is -2.09. The van der Waals surface area contributed by atoms with Crippen molar-refractivity contribution in [2.45, 2.75) is 6.92 Å². The zero-order valence-electron chi connectivity index (χ0n) is 11.6. The van der Waals surface area contributed by atoms with Gasteiger partial charge in [-0.05, 0) is 19.1 Å². The molecule has 1 aromatic heterocycles. The van der Waals surface area contributed by atoms with E-state index in [2.05, 4.69) is 16.5 Å². The van der Waals surface area contributed by atoms with E-state index in [1.54, 1.807) is 17.8 Å². The van der Waals surface area contributed by atoms with E-state index in [0.29, 0.717) is 35.9 Å². The molecule has 0 saturated carbocycles. The number of nitriles is 1. The zero-order valence-corrected chi connectivity index (χ0v) is 11.6. The van der Waals surface area contributed by atoms with Crippen LogP contribution in [0.2, 0.25) is 0 Å². The highest BCUT2D eigenvalue weighted by Gasteiger charge is 2.11. The van der Waals surface area contributed by atoms with Gasteiger partial charge in [-0.2, -0.15) is 10.4 Å². The second kappa shape index (κ2) is 5.97. The standard InChI is InChI=1S/C14H17N5O/c1-10-13(9-15)14(19(2)18-10)17-6-7-20-12-5-3-4-11(16)8-12/h3-5,8,17H,6-7,16H2,1-2H3. The average molecular weight is 271 g/mol. The van der Waals surface area contributed by atoms with E-state index in [-0.39, 0.29) is 0 Å². The topological polar surface area (TPSA) is 88.9 Å². The number of aryl methyl sites for hydroxylation is 2. The number of nitrogens with one attached hydrogen (secondary N) is 1. The Morgan fingerprint density at radius 1 is 1.50 bits per heavy atom. The fourth-order valence-corrected chi connectivity index (χ4v) is 1.94. The molecule has 104 valence electrons. The summed E-state index contributed by atoms with van der Waals surface area (Å²) in [6, 6.07) is 9.42. The molecule has 1 aromatic carbocycles. The number of rotatable bonds is 5. The first-order valence-electron chi connectivity index (χ1n) is 6.27. The Morgan fingerprint density at radius 3 is 3.00 bits per heavy atom. The number of nitrogens with zero attached hydrogens (tertiary/aromatic N) is 3. The van der Waals surface area contributed by atoms with Crippen LogP contribution in [0.25, 0.3) is 0 Å². The molecule has 0 aliphatic heterocycles. The van der Waals surface area contributed by atoms with E-state index >= 15 is 0 Å². The maximum Gasteiger partial charge on any atom is 0.142 e. The number of benzene rings is 1. The molecule has 3 N–H and O–H groups in total. The maximum atomic E-state index is 9.09. The molecule has 20 heavy (non-hydrogen) atoms. The molecule has 0 atom stereocenters. The van der Waals surface area contributed by atoms with Gasteiger partial charge in [-0.25, -0.2) is 0 Å². The minimum Gasteiger partial charge on any atom is -0.492 e. The van der Waals surface area contributed by atoms with Crippen LogP contribution < -0.4 is 15.8 Å². The van der Waals surface area contributed by atoms with Gasteiger partial charge in [0.1, 0.15) is 29.8 Å². The van der Waals surface area contributed by atoms with Crippen LogP contribution >= 0.6 is 0 Å². The third kappa shape index (κ3) is 3.01. The quantitative estimate of drug-likeness (QED) is 0.638. The zero-order chi connectivity index (χ0) is 14.5. The first-order valence-corrected chi connectivity index (χ1v) is 6.27. The molecule has 0 radical (unpaired) electrons. The van der Waals surface area contributed by atoms with Crippen molar-refractivity contribution in [2.75, 3.05) is 24.2 Å². The van der Waals surface area contributed by atoms with E-state index in [0.717, 1.165) is 5.75 Å². The van der Waals surface area contributed by atoms with Crippen LogP contribution in [0.5, 0.6) is 5.75 Å². The number of nitrogen functional groups attached to an aromatic ring is 1. The molecular weight excluding hydrogens is 254 g/mol. The minimum absolute atomic E-state index is 0.471. The molecule has 0 unspecified atom stereocenters. The second-order valence-electron chi connectivity index (χ2n) is 4.39. The molecule has 0 aliphatic rings.